The van der Waals surface area contributed by atoms with Crippen LogP contribution in [0.1, 0.15) is 44.1 Å². The van der Waals surface area contributed by atoms with Gasteiger partial charge in [0, 0.05) is 30.2 Å². The summed E-state index contributed by atoms with van der Waals surface area (Å²) in [5, 5.41) is 5.44. The summed E-state index contributed by atoms with van der Waals surface area (Å²) in [6.45, 7) is 0.548. The van der Waals surface area contributed by atoms with Crippen molar-refractivity contribution in [1.29, 1.82) is 0 Å². The minimum Gasteiger partial charge on any atom is -0.497 e. The van der Waals surface area contributed by atoms with Crippen LogP contribution in [0, 0.1) is 11.3 Å². The maximum absolute atomic E-state index is 12.8. The number of methoxy groups -OCH3 is 1. The van der Waals surface area contributed by atoms with E-state index in [0.29, 0.717) is 12.0 Å². The molecule has 0 aliphatic heterocycles. The third-order valence-electron chi connectivity index (χ3n) is 7.10. The van der Waals surface area contributed by atoms with Crippen molar-refractivity contribution >= 4 is 16.7 Å². The van der Waals surface area contributed by atoms with E-state index in [2.05, 4.69) is 28.5 Å². The Kier molecular flexibility index (Phi) is 4.93. The standard InChI is InChI=1S/C26H28N2O2/c1-30-20-7-5-6-18(14-20)21-9-8-19(23-17-27-13-10-22(21)23)16-28-25(29)24-15-26(24)11-3-2-4-12-26/h5-10,13-14,17,24H,2-4,11-12,15-16H2,1H3,(H,28,29). The van der Waals surface area contributed by atoms with Crippen LogP contribution in [0.5, 0.6) is 5.75 Å². The molecule has 1 amide bonds. The molecule has 2 aliphatic rings. The molecule has 3 aromatic rings. The highest BCUT2D eigenvalue weighted by molar-refractivity contribution is 5.98. The Labute approximate surface area is 177 Å². The van der Waals surface area contributed by atoms with E-state index >= 15 is 0 Å². The van der Waals surface area contributed by atoms with Crippen molar-refractivity contribution < 1.29 is 9.53 Å². The second kappa shape index (κ2) is 7.75. The number of nitrogens with zero attached hydrogens (tertiary/aromatic N) is 1. The molecule has 2 saturated carbocycles. The van der Waals surface area contributed by atoms with E-state index in [1.54, 1.807) is 7.11 Å². The molecule has 0 bridgehead atoms. The topological polar surface area (TPSA) is 51.2 Å². The predicted molar refractivity (Wildman–Crippen MR) is 119 cm³/mol. The lowest BCUT2D eigenvalue weighted by Gasteiger charge is -2.22. The fraction of sp³-hybridized carbons (Fsp3) is 0.385. The molecular formula is C26H28N2O2. The van der Waals surface area contributed by atoms with Gasteiger partial charge in [-0.05, 0) is 65.0 Å². The number of aromatic nitrogens is 1. The Morgan fingerprint density at radius 3 is 2.83 bits per heavy atom. The summed E-state index contributed by atoms with van der Waals surface area (Å²) in [7, 11) is 1.68. The van der Waals surface area contributed by atoms with Gasteiger partial charge in [-0.25, -0.2) is 0 Å². The SMILES string of the molecule is COc1cccc(-c2ccc(CNC(=O)C3CC34CCCCC4)c3cnccc23)c1. The quantitative estimate of drug-likeness (QED) is 0.615. The molecule has 1 unspecified atom stereocenters. The highest BCUT2D eigenvalue weighted by atomic mass is 16.5. The normalized spacial score (nSPS) is 19.6. The number of hydrogen-bond donors (Lipinski definition) is 1. The molecule has 2 aliphatic carbocycles. The highest BCUT2D eigenvalue weighted by Gasteiger charge is 2.57. The number of carbonyl (C=O) groups excluding carboxylic acids is 1. The largest absolute Gasteiger partial charge is 0.497 e. The molecule has 154 valence electrons. The number of benzene rings is 2. The molecule has 1 aromatic heterocycles. The minimum atomic E-state index is 0.221. The molecule has 1 spiro atoms. The van der Waals surface area contributed by atoms with E-state index in [1.165, 1.54) is 32.1 Å². The maximum atomic E-state index is 12.8. The molecule has 0 saturated heterocycles. The summed E-state index contributed by atoms with van der Waals surface area (Å²) in [5.41, 5.74) is 3.68. The first-order valence-corrected chi connectivity index (χ1v) is 11.0. The van der Waals surface area contributed by atoms with Gasteiger partial charge in [-0.15, -0.1) is 0 Å². The molecule has 1 heterocycles. The fourth-order valence-corrected chi connectivity index (χ4v) is 5.28. The van der Waals surface area contributed by atoms with Crippen LogP contribution < -0.4 is 10.1 Å². The number of hydrogen-bond acceptors (Lipinski definition) is 3. The highest BCUT2D eigenvalue weighted by Crippen LogP contribution is 2.61. The smallest absolute Gasteiger partial charge is 0.223 e. The van der Waals surface area contributed by atoms with Gasteiger partial charge in [0.25, 0.3) is 0 Å². The molecule has 1 N–H and O–H groups in total. The van der Waals surface area contributed by atoms with Gasteiger partial charge in [-0.3, -0.25) is 9.78 Å². The van der Waals surface area contributed by atoms with E-state index in [0.717, 1.165) is 39.6 Å². The van der Waals surface area contributed by atoms with Gasteiger partial charge in [0.15, 0.2) is 0 Å². The molecule has 2 aromatic carbocycles. The molecule has 2 fully saturated rings. The monoisotopic (exact) mass is 400 g/mol. The van der Waals surface area contributed by atoms with E-state index in [1.807, 2.05) is 36.7 Å². The summed E-state index contributed by atoms with van der Waals surface area (Å²) in [5.74, 6) is 1.29. The molecule has 30 heavy (non-hydrogen) atoms. The summed E-state index contributed by atoms with van der Waals surface area (Å²) in [6, 6.07) is 14.4. The first kappa shape index (κ1) is 19.1. The van der Waals surface area contributed by atoms with Crippen LogP contribution in [-0.4, -0.2) is 18.0 Å². The number of nitrogens with one attached hydrogen (secondary N) is 1. The molecule has 5 rings (SSSR count). The number of amides is 1. The van der Waals surface area contributed by atoms with Gasteiger partial charge in [-0.2, -0.15) is 0 Å². The average Bonchev–Trinajstić information content (AvgIpc) is 3.50. The molecule has 0 radical (unpaired) electrons. The molecule has 4 nitrogen and oxygen atoms in total. The van der Waals surface area contributed by atoms with E-state index in [9.17, 15) is 4.79 Å². The second-order valence-corrected chi connectivity index (χ2v) is 8.82. The fourth-order valence-electron chi connectivity index (χ4n) is 5.28. The molecule has 1 atom stereocenters. The third-order valence-corrected chi connectivity index (χ3v) is 7.10. The molecular weight excluding hydrogens is 372 g/mol. The molecule has 4 heteroatoms. The van der Waals surface area contributed by atoms with Gasteiger partial charge in [0.2, 0.25) is 5.91 Å². The van der Waals surface area contributed by atoms with Gasteiger partial charge in [-0.1, -0.05) is 43.5 Å². The van der Waals surface area contributed by atoms with Crippen molar-refractivity contribution in [3.8, 4) is 16.9 Å². The summed E-state index contributed by atoms with van der Waals surface area (Å²) in [4.78, 5) is 17.2. The zero-order valence-electron chi connectivity index (χ0n) is 17.5. The summed E-state index contributed by atoms with van der Waals surface area (Å²) < 4.78 is 5.39. The van der Waals surface area contributed by atoms with Crippen LogP contribution in [0.25, 0.3) is 21.9 Å². The number of carbonyl (C=O) groups is 1. The van der Waals surface area contributed by atoms with Crippen molar-refractivity contribution in [3.05, 3.63) is 60.4 Å². The van der Waals surface area contributed by atoms with Crippen molar-refractivity contribution in [1.82, 2.24) is 10.3 Å². The Bertz CT molecular complexity index is 1090. The lowest BCUT2D eigenvalue weighted by atomic mass is 9.84. The van der Waals surface area contributed by atoms with Gasteiger partial charge < -0.3 is 10.1 Å². The summed E-state index contributed by atoms with van der Waals surface area (Å²) >= 11 is 0. The lowest BCUT2D eigenvalue weighted by Crippen LogP contribution is -2.27. The maximum Gasteiger partial charge on any atom is 0.223 e. The van der Waals surface area contributed by atoms with Gasteiger partial charge in [0.1, 0.15) is 5.75 Å². The van der Waals surface area contributed by atoms with Crippen molar-refractivity contribution in [2.75, 3.05) is 7.11 Å². The zero-order chi connectivity index (χ0) is 20.6. The summed E-state index contributed by atoms with van der Waals surface area (Å²) in [6.07, 6.45) is 11.2. The predicted octanol–water partition coefficient (Wildman–Crippen LogP) is 5.50. The van der Waals surface area contributed by atoms with Crippen LogP contribution in [0.3, 0.4) is 0 Å². The first-order valence-electron chi connectivity index (χ1n) is 11.0. The Balaban J connectivity index is 1.37. The number of pyridine rings is 1. The van der Waals surface area contributed by atoms with Crippen molar-refractivity contribution in [3.63, 3.8) is 0 Å². The van der Waals surface area contributed by atoms with Crippen molar-refractivity contribution in [2.24, 2.45) is 11.3 Å². The lowest BCUT2D eigenvalue weighted by molar-refractivity contribution is -0.123. The first-order chi connectivity index (χ1) is 14.7. The van der Waals surface area contributed by atoms with E-state index in [4.69, 9.17) is 4.74 Å². The number of ether oxygens (including phenoxy) is 1. The zero-order valence-corrected chi connectivity index (χ0v) is 17.5. The number of rotatable bonds is 5. The second-order valence-electron chi connectivity index (χ2n) is 8.82. The average molecular weight is 401 g/mol. The number of fused-ring (bicyclic) bond motifs is 1. The Morgan fingerprint density at radius 2 is 2.00 bits per heavy atom. The van der Waals surface area contributed by atoms with Crippen LogP contribution in [0.4, 0.5) is 0 Å². The van der Waals surface area contributed by atoms with Crippen LogP contribution in [0.15, 0.2) is 54.9 Å². The van der Waals surface area contributed by atoms with Crippen LogP contribution in [0.2, 0.25) is 0 Å². The van der Waals surface area contributed by atoms with E-state index in [-0.39, 0.29) is 11.8 Å². The van der Waals surface area contributed by atoms with Gasteiger partial charge >= 0.3 is 0 Å². The third kappa shape index (κ3) is 3.45. The Morgan fingerprint density at radius 1 is 1.13 bits per heavy atom. The minimum absolute atomic E-state index is 0.221. The van der Waals surface area contributed by atoms with Crippen LogP contribution in [-0.2, 0) is 11.3 Å². The van der Waals surface area contributed by atoms with Crippen molar-refractivity contribution in [2.45, 2.75) is 45.1 Å². The Hall–Kier alpha value is -2.88. The van der Waals surface area contributed by atoms with Gasteiger partial charge in [0.05, 0.1) is 7.11 Å². The van der Waals surface area contributed by atoms with E-state index < -0.39 is 0 Å². The van der Waals surface area contributed by atoms with Crippen LogP contribution >= 0.6 is 0 Å².